The smallest absolute Gasteiger partial charge is 0.276 e. The maximum atomic E-state index is 10.8. The van der Waals surface area contributed by atoms with E-state index >= 15 is 0 Å². The molecule has 0 aromatic carbocycles. The molecule has 66 valence electrons. The van der Waals surface area contributed by atoms with Crippen LogP contribution >= 0.6 is 0 Å². The number of hydrogen-bond acceptors (Lipinski definition) is 3. The molecule has 0 saturated carbocycles. The van der Waals surface area contributed by atoms with Crippen molar-refractivity contribution in [2.24, 2.45) is 10.9 Å². The Morgan fingerprint density at radius 2 is 2.09 bits per heavy atom. The van der Waals surface area contributed by atoms with Gasteiger partial charge in [-0.3, -0.25) is 0 Å². The van der Waals surface area contributed by atoms with Gasteiger partial charge in [-0.05, 0) is 12.8 Å². The predicted octanol–water partition coefficient (Wildman–Crippen LogP) is -1.39. The minimum Gasteiger partial charge on any atom is -0.327 e. The molecule has 4 N–H and O–H groups in total. The number of rotatable bonds is 1. The van der Waals surface area contributed by atoms with Gasteiger partial charge in [0, 0.05) is 19.1 Å². The van der Waals surface area contributed by atoms with Gasteiger partial charge in [-0.15, -0.1) is 0 Å². The fraction of sp³-hybridized carbons (Fsp3) is 1.00. The Morgan fingerprint density at radius 1 is 1.45 bits per heavy atom. The van der Waals surface area contributed by atoms with Crippen molar-refractivity contribution < 1.29 is 8.42 Å². The standard InChI is InChI=1S/C5H13N3O2S/c6-5-2-1-3-8(4-5)11(7,9)10/h5H,1-4,6H2,(H2,7,9,10)/t5-/m0/s1. The second-order valence-corrected chi connectivity index (χ2v) is 4.35. The molecule has 0 aliphatic carbocycles. The Morgan fingerprint density at radius 3 is 2.45 bits per heavy atom. The van der Waals surface area contributed by atoms with Crippen LogP contribution in [0.15, 0.2) is 0 Å². The summed E-state index contributed by atoms with van der Waals surface area (Å²) in [5.74, 6) is 0. The molecular weight excluding hydrogens is 166 g/mol. The third-order valence-electron chi connectivity index (χ3n) is 1.78. The first-order valence-electron chi connectivity index (χ1n) is 3.53. The van der Waals surface area contributed by atoms with E-state index in [1.165, 1.54) is 4.31 Å². The van der Waals surface area contributed by atoms with E-state index in [4.69, 9.17) is 10.9 Å². The summed E-state index contributed by atoms with van der Waals surface area (Å²) in [5.41, 5.74) is 5.56. The molecule has 6 heteroatoms. The molecule has 1 heterocycles. The molecule has 1 aliphatic rings. The van der Waals surface area contributed by atoms with E-state index < -0.39 is 10.2 Å². The van der Waals surface area contributed by atoms with Crippen molar-refractivity contribution >= 4 is 10.2 Å². The van der Waals surface area contributed by atoms with Crippen molar-refractivity contribution in [3.05, 3.63) is 0 Å². The van der Waals surface area contributed by atoms with Gasteiger partial charge in [-0.2, -0.15) is 12.7 Å². The van der Waals surface area contributed by atoms with Crippen LogP contribution in [0.1, 0.15) is 12.8 Å². The molecule has 5 nitrogen and oxygen atoms in total. The lowest BCUT2D eigenvalue weighted by Crippen LogP contribution is -2.48. The zero-order chi connectivity index (χ0) is 8.48. The fourth-order valence-electron chi connectivity index (χ4n) is 1.21. The molecule has 1 fully saturated rings. The SMILES string of the molecule is N[C@H]1CCCN(S(N)(=O)=O)C1. The number of piperidine rings is 1. The summed E-state index contributed by atoms with van der Waals surface area (Å²) in [4.78, 5) is 0. The van der Waals surface area contributed by atoms with Crippen LogP contribution in [0.3, 0.4) is 0 Å². The first-order valence-corrected chi connectivity index (χ1v) is 5.04. The van der Waals surface area contributed by atoms with Crippen LogP contribution in [0.5, 0.6) is 0 Å². The lowest BCUT2D eigenvalue weighted by molar-refractivity contribution is 0.316. The maximum absolute atomic E-state index is 10.8. The molecular formula is C5H13N3O2S. The monoisotopic (exact) mass is 179 g/mol. The summed E-state index contributed by atoms with van der Waals surface area (Å²) in [6, 6.07) is -0.0536. The van der Waals surface area contributed by atoms with E-state index in [1.807, 2.05) is 0 Å². The largest absolute Gasteiger partial charge is 0.327 e. The average molecular weight is 179 g/mol. The predicted molar refractivity (Wildman–Crippen MR) is 41.9 cm³/mol. The molecule has 0 aromatic heterocycles. The lowest BCUT2D eigenvalue weighted by atomic mass is 10.1. The van der Waals surface area contributed by atoms with E-state index in [-0.39, 0.29) is 6.04 Å². The zero-order valence-electron chi connectivity index (χ0n) is 6.23. The summed E-state index contributed by atoms with van der Waals surface area (Å²) < 4.78 is 22.8. The van der Waals surface area contributed by atoms with Gasteiger partial charge in [-0.1, -0.05) is 0 Å². The third-order valence-corrected chi connectivity index (χ3v) is 2.83. The highest BCUT2D eigenvalue weighted by molar-refractivity contribution is 7.86. The van der Waals surface area contributed by atoms with Gasteiger partial charge >= 0.3 is 0 Å². The Balaban J connectivity index is 2.60. The molecule has 1 saturated heterocycles. The van der Waals surface area contributed by atoms with E-state index in [9.17, 15) is 8.42 Å². The van der Waals surface area contributed by atoms with E-state index in [0.29, 0.717) is 13.1 Å². The maximum Gasteiger partial charge on any atom is 0.276 e. The van der Waals surface area contributed by atoms with Crippen molar-refractivity contribution in [3.8, 4) is 0 Å². The summed E-state index contributed by atoms with van der Waals surface area (Å²) in [7, 11) is -3.51. The van der Waals surface area contributed by atoms with E-state index in [2.05, 4.69) is 0 Å². The molecule has 11 heavy (non-hydrogen) atoms. The number of nitrogens with two attached hydrogens (primary N) is 2. The summed E-state index contributed by atoms with van der Waals surface area (Å²) in [6.45, 7) is 0.866. The Kier molecular flexibility index (Phi) is 2.48. The van der Waals surface area contributed by atoms with Crippen molar-refractivity contribution in [2.75, 3.05) is 13.1 Å². The second-order valence-electron chi connectivity index (χ2n) is 2.81. The molecule has 0 spiro atoms. The van der Waals surface area contributed by atoms with Crippen molar-refractivity contribution in [3.63, 3.8) is 0 Å². The molecule has 0 amide bonds. The van der Waals surface area contributed by atoms with Crippen molar-refractivity contribution in [2.45, 2.75) is 18.9 Å². The van der Waals surface area contributed by atoms with Gasteiger partial charge in [0.1, 0.15) is 0 Å². The van der Waals surface area contributed by atoms with Gasteiger partial charge in [-0.25, -0.2) is 5.14 Å². The van der Waals surface area contributed by atoms with Crippen molar-refractivity contribution in [1.82, 2.24) is 4.31 Å². The molecule has 0 bridgehead atoms. The summed E-state index contributed by atoms with van der Waals surface area (Å²) in [5, 5.41) is 4.92. The number of hydrogen-bond donors (Lipinski definition) is 2. The van der Waals surface area contributed by atoms with Crippen LogP contribution in [0.25, 0.3) is 0 Å². The van der Waals surface area contributed by atoms with Crippen LogP contribution in [-0.2, 0) is 10.2 Å². The Bertz CT molecular complexity index is 226. The first-order chi connectivity index (χ1) is 5.00. The van der Waals surface area contributed by atoms with E-state index in [1.54, 1.807) is 0 Å². The Labute approximate surface area is 66.5 Å². The summed E-state index contributed by atoms with van der Waals surface area (Å²) in [6.07, 6.45) is 1.68. The zero-order valence-corrected chi connectivity index (χ0v) is 7.05. The van der Waals surface area contributed by atoms with Gasteiger partial charge < -0.3 is 5.73 Å². The van der Waals surface area contributed by atoms with Crippen molar-refractivity contribution in [1.29, 1.82) is 0 Å². The second kappa shape index (κ2) is 3.06. The van der Waals surface area contributed by atoms with Gasteiger partial charge in [0.05, 0.1) is 0 Å². The Hall–Kier alpha value is -0.170. The van der Waals surface area contributed by atoms with Crippen LogP contribution in [-0.4, -0.2) is 31.9 Å². The average Bonchev–Trinajstić information content (AvgIpc) is 1.86. The highest BCUT2D eigenvalue weighted by atomic mass is 32.2. The van der Waals surface area contributed by atoms with Crippen LogP contribution in [0, 0.1) is 0 Å². The van der Waals surface area contributed by atoms with Crippen LogP contribution in [0.2, 0.25) is 0 Å². The minimum absolute atomic E-state index is 0.0536. The molecule has 1 aliphatic heterocycles. The lowest BCUT2D eigenvalue weighted by Gasteiger charge is -2.27. The molecule has 1 atom stereocenters. The summed E-state index contributed by atoms with van der Waals surface area (Å²) >= 11 is 0. The fourth-order valence-corrected chi connectivity index (χ4v) is 1.99. The normalized spacial score (nSPS) is 28.7. The van der Waals surface area contributed by atoms with Crippen LogP contribution < -0.4 is 10.9 Å². The molecule has 0 aromatic rings. The molecule has 1 rings (SSSR count). The molecule has 0 radical (unpaired) electrons. The van der Waals surface area contributed by atoms with Gasteiger partial charge in [0.15, 0.2) is 0 Å². The van der Waals surface area contributed by atoms with E-state index in [0.717, 1.165) is 12.8 Å². The van der Waals surface area contributed by atoms with Crippen LogP contribution in [0.4, 0.5) is 0 Å². The first kappa shape index (κ1) is 8.92. The highest BCUT2D eigenvalue weighted by Gasteiger charge is 2.23. The minimum atomic E-state index is -3.51. The highest BCUT2D eigenvalue weighted by Crippen LogP contribution is 2.09. The number of nitrogens with zero attached hydrogens (tertiary/aromatic N) is 1. The quantitative estimate of drug-likeness (QED) is 0.519. The molecule has 0 unspecified atom stereocenters. The van der Waals surface area contributed by atoms with Gasteiger partial charge in [0.25, 0.3) is 10.2 Å². The topological polar surface area (TPSA) is 89.4 Å². The van der Waals surface area contributed by atoms with Gasteiger partial charge in [0.2, 0.25) is 0 Å². The third kappa shape index (κ3) is 2.41.